The fraction of sp³-hybridized carbons (Fsp3) is 0.409. The molecule has 1 saturated carbocycles. The number of rotatable bonds is 7. The molecule has 2 aromatic carbocycles. The van der Waals surface area contributed by atoms with Crippen LogP contribution < -0.4 is 4.72 Å². The van der Waals surface area contributed by atoms with E-state index in [0.717, 1.165) is 30.8 Å². The molecule has 1 heterocycles. The van der Waals surface area contributed by atoms with E-state index < -0.39 is 11.3 Å². The lowest BCUT2D eigenvalue weighted by atomic mass is 9.91. The average Bonchev–Trinajstić information content (AvgIpc) is 3.02. The lowest BCUT2D eigenvalue weighted by Crippen LogP contribution is -2.28. The molecule has 3 unspecified atom stereocenters. The summed E-state index contributed by atoms with van der Waals surface area (Å²) in [4.78, 5) is 2.52. The van der Waals surface area contributed by atoms with Crippen LogP contribution in [0.15, 0.2) is 48.5 Å². The first-order valence-electron chi connectivity index (χ1n) is 9.60. The molecule has 1 aliphatic carbocycles. The van der Waals surface area contributed by atoms with Crippen molar-refractivity contribution in [2.75, 3.05) is 13.1 Å². The first kappa shape index (κ1) is 19.3. The fourth-order valence-corrected chi connectivity index (χ4v) is 5.07. The van der Waals surface area contributed by atoms with Crippen LogP contribution in [-0.2, 0) is 36.2 Å². The van der Waals surface area contributed by atoms with Gasteiger partial charge in [0, 0.05) is 42.9 Å². The van der Waals surface area contributed by atoms with Gasteiger partial charge in [-0.3, -0.25) is 9.11 Å². The Kier molecular flexibility index (Phi) is 5.35. The normalized spacial score (nSPS) is 27.2. The Hall–Kier alpha value is -2.04. The molecule has 28 heavy (non-hydrogen) atoms. The van der Waals surface area contributed by atoms with Gasteiger partial charge in [-0.15, -0.1) is 0 Å². The van der Waals surface area contributed by atoms with Crippen LogP contribution in [0, 0.1) is 23.2 Å². The van der Waals surface area contributed by atoms with Gasteiger partial charge in [0.25, 0.3) is 0 Å². The minimum Gasteiger partial charge on any atom is -0.760 e. The van der Waals surface area contributed by atoms with Crippen molar-refractivity contribution in [1.82, 2.24) is 9.62 Å². The molecule has 1 saturated heterocycles. The third kappa shape index (κ3) is 3.76. The summed E-state index contributed by atoms with van der Waals surface area (Å²) in [6, 6.07) is 18.9. The highest BCUT2D eigenvalue weighted by Crippen LogP contribution is 2.63. The molecule has 0 bridgehead atoms. The van der Waals surface area contributed by atoms with Crippen molar-refractivity contribution < 1.29 is 8.76 Å². The molecule has 1 N–H and O–H groups in total. The monoisotopic (exact) mass is 394 g/mol. The molecular formula is C22H24N3O2S-. The minimum absolute atomic E-state index is 0.194. The van der Waals surface area contributed by atoms with Crippen LogP contribution in [0.4, 0.5) is 0 Å². The second kappa shape index (κ2) is 7.76. The lowest BCUT2D eigenvalue weighted by molar-refractivity contribution is 0.270. The van der Waals surface area contributed by atoms with Gasteiger partial charge in [0.2, 0.25) is 0 Å². The summed E-state index contributed by atoms with van der Waals surface area (Å²) < 4.78 is 23.9. The highest BCUT2D eigenvalue weighted by Gasteiger charge is 2.65. The highest BCUT2D eigenvalue weighted by atomic mass is 32.2. The summed E-state index contributed by atoms with van der Waals surface area (Å²) in [5.74, 6) is 1.31. The van der Waals surface area contributed by atoms with Crippen LogP contribution >= 0.6 is 0 Å². The maximum Gasteiger partial charge on any atom is 0.0669 e. The van der Waals surface area contributed by atoms with Crippen molar-refractivity contribution in [3.63, 3.8) is 0 Å². The fourth-order valence-electron chi connectivity index (χ4n) is 4.79. The van der Waals surface area contributed by atoms with E-state index in [1.807, 2.05) is 24.3 Å². The van der Waals surface area contributed by atoms with Gasteiger partial charge < -0.3 is 4.55 Å². The van der Waals surface area contributed by atoms with Crippen molar-refractivity contribution in [3.8, 4) is 6.07 Å². The van der Waals surface area contributed by atoms with Crippen molar-refractivity contribution >= 4 is 11.3 Å². The molecule has 2 aromatic rings. The Bertz CT molecular complexity index is 910. The van der Waals surface area contributed by atoms with Crippen molar-refractivity contribution in [1.29, 1.82) is 5.26 Å². The number of piperidine rings is 1. The number of likely N-dealkylation sites (tertiary alicyclic amines) is 1. The standard InChI is InChI=1S/C22H25N3O2S/c1-22(19-4-2-3-18(11-19)12-24-28(26)27)20-14-25(15-21(20)22)13-17-7-5-16(6-8-17)9-10-23/h2-8,11,20-21,24H,9,12-15H2,1H3,(H,26,27)/p-1. The summed E-state index contributed by atoms with van der Waals surface area (Å²) in [7, 11) is 0. The van der Waals surface area contributed by atoms with E-state index in [0.29, 0.717) is 24.8 Å². The number of fused-ring (bicyclic) bond motifs is 1. The summed E-state index contributed by atoms with van der Waals surface area (Å²) in [6.45, 7) is 5.81. The third-order valence-corrected chi connectivity index (χ3v) is 6.86. The molecule has 0 spiro atoms. The van der Waals surface area contributed by atoms with Crippen LogP contribution in [0.25, 0.3) is 0 Å². The number of nitriles is 1. The van der Waals surface area contributed by atoms with Crippen LogP contribution in [0.1, 0.15) is 29.2 Å². The summed E-state index contributed by atoms with van der Waals surface area (Å²) in [6.07, 6.45) is 0.464. The van der Waals surface area contributed by atoms with E-state index >= 15 is 0 Å². The van der Waals surface area contributed by atoms with E-state index in [1.165, 1.54) is 11.1 Å². The molecule has 0 radical (unpaired) electrons. The zero-order valence-electron chi connectivity index (χ0n) is 15.9. The van der Waals surface area contributed by atoms with Crippen molar-refractivity contribution in [2.24, 2.45) is 11.8 Å². The van der Waals surface area contributed by atoms with E-state index in [4.69, 9.17) is 5.26 Å². The van der Waals surface area contributed by atoms with Gasteiger partial charge in [-0.25, -0.2) is 4.72 Å². The van der Waals surface area contributed by atoms with Crippen LogP contribution in [0.5, 0.6) is 0 Å². The predicted octanol–water partition coefficient (Wildman–Crippen LogP) is 2.66. The number of benzene rings is 2. The van der Waals surface area contributed by atoms with E-state index in [1.54, 1.807) is 0 Å². The van der Waals surface area contributed by atoms with Gasteiger partial charge in [0.05, 0.1) is 12.5 Å². The van der Waals surface area contributed by atoms with E-state index in [-0.39, 0.29) is 5.41 Å². The molecule has 0 amide bonds. The van der Waals surface area contributed by atoms with Gasteiger partial charge in [0.1, 0.15) is 0 Å². The Labute approximate surface area is 168 Å². The molecule has 6 heteroatoms. The number of hydrogen-bond acceptors (Lipinski definition) is 4. The van der Waals surface area contributed by atoms with Gasteiger partial charge in [0.15, 0.2) is 0 Å². The quantitative estimate of drug-likeness (QED) is 0.732. The molecule has 2 fully saturated rings. The summed E-state index contributed by atoms with van der Waals surface area (Å²) >= 11 is -2.23. The van der Waals surface area contributed by atoms with Crippen LogP contribution in [-0.4, -0.2) is 26.8 Å². The van der Waals surface area contributed by atoms with E-state index in [2.05, 4.69) is 46.9 Å². The lowest BCUT2D eigenvalue weighted by Gasteiger charge is -2.25. The summed E-state index contributed by atoms with van der Waals surface area (Å²) in [5, 5.41) is 8.78. The molecular weight excluding hydrogens is 370 g/mol. The van der Waals surface area contributed by atoms with Gasteiger partial charge in [-0.2, -0.15) is 5.26 Å². The van der Waals surface area contributed by atoms with Gasteiger partial charge in [-0.05, 0) is 34.1 Å². The maximum atomic E-state index is 10.7. The second-order valence-electron chi connectivity index (χ2n) is 8.10. The van der Waals surface area contributed by atoms with Crippen LogP contribution in [0.2, 0.25) is 0 Å². The first-order valence-corrected chi connectivity index (χ1v) is 10.7. The van der Waals surface area contributed by atoms with Crippen molar-refractivity contribution in [2.45, 2.75) is 31.8 Å². The minimum atomic E-state index is -2.23. The van der Waals surface area contributed by atoms with Gasteiger partial charge in [-0.1, -0.05) is 55.5 Å². The highest BCUT2D eigenvalue weighted by molar-refractivity contribution is 7.77. The predicted molar refractivity (Wildman–Crippen MR) is 108 cm³/mol. The average molecular weight is 395 g/mol. The molecule has 146 valence electrons. The number of nitrogens with zero attached hydrogens (tertiary/aromatic N) is 2. The molecule has 4 rings (SSSR count). The third-order valence-electron chi connectivity index (χ3n) is 6.48. The smallest absolute Gasteiger partial charge is 0.0669 e. The first-order chi connectivity index (χ1) is 13.5. The zero-order valence-corrected chi connectivity index (χ0v) is 16.7. The topological polar surface area (TPSA) is 79.2 Å². The van der Waals surface area contributed by atoms with Gasteiger partial charge >= 0.3 is 0 Å². The molecule has 3 atom stereocenters. The van der Waals surface area contributed by atoms with E-state index in [9.17, 15) is 8.76 Å². The second-order valence-corrected chi connectivity index (χ2v) is 8.86. The molecule has 0 aromatic heterocycles. The Morgan fingerprint density at radius 1 is 1.18 bits per heavy atom. The molecule has 1 aliphatic heterocycles. The number of hydrogen-bond donors (Lipinski definition) is 1. The number of nitrogens with one attached hydrogen (secondary N) is 1. The Morgan fingerprint density at radius 3 is 2.50 bits per heavy atom. The Balaban J connectivity index is 1.37. The Morgan fingerprint density at radius 2 is 1.86 bits per heavy atom. The molecule has 2 aliphatic rings. The zero-order chi connectivity index (χ0) is 19.7. The summed E-state index contributed by atoms with van der Waals surface area (Å²) in [5.41, 5.74) is 4.88. The largest absolute Gasteiger partial charge is 0.760 e. The molecule has 5 nitrogen and oxygen atoms in total. The SMILES string of the molecule is CC1(c2cccc(CNS(=O)[O-])c2)C2CN(Cc3ccc(CC#N)cc3)CC21. The van der Waals surface area contributed by atoms with Crippen LogP contribution in [0.3, 0.4) is 0 Å². The maximum absolute atomic E-state index is 10.7. The van der Waals surface area contributed by atoms with Crippen molar-refractivity contribution in [3.05, 3.63) is 70.8 Å².